The number of phenols is 1. The molecule has 1 aromatic carbocycles. The lowest BCUT2D eigenvalue weighted by Gasteiger charge is -2.03. The third kappa shape index (κ3) is 1.64. The molecular weight excluding hydrogens is 218 g/mol. The fourth-order valence-electron chi connectivity index (χ4n) is 2.24. The van der Waals surface area contributed by atoms with Crippen molar-refractivity contribution in [3.05, 3.63) is 29.5 Å². The van der Waals surface area contributed by atoms with Crippen molar-refractivity contribution in [2.24, 2.45) is 5.84 Å². The highest BCUT2D eigenvalue weighted by Crippen LogP contribution is 2.28. The summed E-state index contributed by atoms with van der Waals surface area (Å²) in [5.74, 6) is 4.98. The third-order valence-corrected chi connectivity index (χ3v) is 2.98. The topological polar surface area (TPSA) is 80.3 Å². The van der Waals surface area contributed by atoms with Crippen LogP contribution in [0.1, 0.15) is 23.0 Å². The highest BCUT2D eigenvalue weighted by atomic mass is 16.3. The Morgan fingerprint density at radius 3 is 2.82 bits per heavy atom. The Bertz CT molecular complexity index is 587. The van der Waals surface area contributed by atoms with E-state index in [1.165, 1.54) is 0 Å². The molecule has 0 aliphatic heterocycles. The van der Waals surface area contributed by atoms with Crippen LogP contribution in [0.5, 0.6) is 5.75 Å². The summed E-state index contributed by atoms with van der Waals surface area (Å²) in [6.45, 7) is 4.62. The Morgan fingerprint density at radius 2 is 2.24 bits per heavy atom. The van der Waals surface area contributed by atoms with Gasteiger partial charge < -0.3 is 9.67 Å². The van der Waals surface area contributed by atoms with Crippen molar-refractivity contribution in [3.63, 3.8) is 0 Å². The first-order chi connectivity index (χ1) is 8.10. The molecule has 2 aromatic rings. The Labute approximate surface area is 98.8 Å². The molecule has 2 rings (SSSR count). The maximum absolute atomic E-state index is 11.8. The number of hydrogen-bond donors (Lipinski definition) is 3. The van der Waals surface area contributed by atoms with Gasteiger partial charge in [0.25, 0.3) is 5.91 Å². The Kier molecular flexibility index (Phi) is 2.77. The van der Waals surface area contributed by atoms with Gasteiger partial charge in [0.2, 0.25) is 0 Å². The molecule has 0 fully saturated rings. The van der Waals surface area contributed by atoms with Gasteiger partial charge in [0.05, 0.1) is 5.56 Å². The van der Waals surface area contributed by atoms with E-state index >= 15 is 0 Å². The van der Waals surface area contributed by atoms with Gasteiger partial charge in [-0.25, -0.2) is 5.84 Å². The zero-order valence-electron chi connectivity index (χ0n) is 9.82. The van der Waals surface area contributed by atoms with Crippen LogP contribution in [0.25, 0.3) is 10.9 Å². The molecule has 0 bridgehead atoms. The number of aromatic hydroxyl groups is 1. The van der Waals surface area contributed by atoms with Gasteiger partial charge in [-0.1, -0.05) is 0 Å². The monoisotopic (exact) mass is 233 g/mol. The van der Waals surface area contributed by atoms with Crippen LogP contribution in [-0.4, -0.2) is 15.6 Å². The van der Waals surface area contributed by atoms with Crippen LogP contribution < -0.4 is 11.3 Å². The summed E-state index contributed by atoms with van der Waals surface area (Å²) in [4.78, 5) is 11.8. The van der Waals surface area contributed by atoms with Crippen LogP contribution in [-0.2, 0) is 6.54 Å². The third-order valence-electron chi connectivity index (χ3n) is 2.98. The lowest BCUT2D eigenvalue weighted by atomic mass is 10.1. The molecule has 0 spiro atoms. The van der Waals surface area contributed by atoms with Crippen LogP contribution in [0.15, 0.2) is 18.2 Å². The van der Waals surface area contributed by atoms with Crippen molar-refractivity contribution in [1.82, 2.24) is 9.99 Å². The molecule has 1 aromatic heterocycles. The van der Waals surface area contributed by atoms with Crippen molar-refractivity contribution in [1.29, 1.82) is 0 Å². The number of nitrogens with one attached hydrogen (secondary N) is 1. The van der Waals surface area contributed by atoms with Crippen molar-refractivity contribution < 1.29 is 9.90 Å². The molecule has 17 heavy (non-hydrogen) atoms. The van der Waals surface area contributed by atoms with Gasteiger partial charge in [-0.15, -0.1) is 0 Å². The number of nitrogens with zero attached hydrogens (tertiary/aromatic N) is 1. The first-order valence-corrected chi connectivity index (χ1v) is 5.42. The van der Waals surface area contributed by atoms with Crippen molar-refractivity contribution >= 4 is 16.8 Å². The molecule has 5 nitrogen and oxygen atoms in total. The SMILES string of the molecule is CCn1c(C)c(C(=O)NN)c2cc(O)ccc21. The first kappa shape index (κ1) is 11.5. The maximum Gasteiger partial charge on any atom is 0.267 e. The minimum absolute atomic E-state index is 0.136. The predicted molar refractivity (Wildman–Crippen MR) is 65.7 cm³/mol. The molecule has 0 radical (unpaired) electrons. The normalized spacial score (nSPS) is 10.8. The van der Waals surface area contributed by atoms with E-state index in [0.717, 1.165) is 17.8 Å². The number of nitrogen functional groups attached to an aromatic ring is 1. The minimum atomic E-state index is -0.342. The van der Waals surface area contributed by atoms with E-state index in [-0.39, 0.29) is 11.7 Å². The van der Waals surface area contributed by atoms with E-state index in [2.05, 4.69) is 5.43 Å². The average Bonchev–Trinajstić information content (AvgIpc) is 2.59. The van der Waals surface area contributed by atoms with E-state index in [0.29, 0.717) is 10.9 Å². The van der Waals surface area contributed by atoms with Gasteiger partial charge in [0, 0.05) is 23.1 Å². The summed E-state index contributed by atoms with van der Waals surface area (Å²) in [6.07, 6.45) is 0. The largest absolute Gasteiger partial charge is 0.508 e. The number of nitrogens with two attached hydrogens (primary N) is 1. The summed E-state index contributed by atoms with van der Waals surface area (Å²) >= 11 is 0. The molecule has 1 amide bonds. The quantitative estimate of drug-likeness (QED) is 0.415. The molecule has 0 saturated heterocycles. The van der Waals surface area contributed by atoms with Crippen LogP contribution in [0, 0.1) is 6.92 Å². The summed E-state index contributed by atoms with van der Waals surface area (Å²) in [5, 5.41) is 10.2. The molecule has 1 heterocycles. The number of rotatable bonds is 2. The number of amides is 1. The lowest BCUT2D eigenvalue weighted by molar-refractivity contribution is 0.0954. The van der Waals surface area contributed by atoms with Crippen molar-refractivity contribution in [2.75, 3.05) is 0 Å². The Morgan fingerprint density at radius 1 is 1.53 bits per heavy atom. The van der Waals surface area contributed by atoms with Gasteiger partial charge in [-0.2, -0.15) is 0 Å². The standard InChI is InChI=1S/C12H15N3O2/c1-3-15-7(2)11(12(17)14-13)9-6-8(16)4-5-10(9)15/h4-6,16H,3,13H2,1-2H3,(H,14,17). The van der Waals surface area contributed by atoms with Gasteiger partial charge in [-0.3, -0.25) is 10.2 Å². The van der Waals surface area contributed by atoms with Gasteiger partial charge >= 0.3 is 0 Å². The van der Waals surface area contributed by atoms with E-state index in [4.69, 9.17) is 5.84 Å². The van der Waals surface area contributed by atoms with Crippen molar-refractivity contribution in [3.8, 4) is 5.75 Å². The smallest absolute Gasteiger partial charge is 0.267 e. The highest BCUT2D eigenvalue weighted by Gasteiger charge is 2.18. The zero-order chi connectivity index (χ0) is 12.6. The second-order valence-corrected chi connectivity index (χ2v) is 3.88. The van der Waals surface area contributed by atoms with Gasteiger partial charge in [0.15, 0.2) is 0 Å². The zero-order valence-corrected chi connectivity index (χ0v) is 9.82. The fraction of sp³-hybridized carbons (Fsp3) is 0.250. The fourth-order valence-corrected chi connectivity index (χ4v) is 2.24. The number of aromatic nitrogens is 1. The lowest BCUT2D eigenvalue weighted by Crippen LogP contribution is -2.30. The minimum Gasteiger partial charge on any atom is -0.508 e. The molecule has 90 valence electrons. The van der Waals surface area contributed by atoms with Gasteiger partial charge in [0.1, 0.15) is 5.75 Å². The summed E-state index contributed by atoms with van der Waals surface area (Å²) in [5.41, 5.74) is 4.41. The van der Waals surface area contributed by atoms with E-state index in [1.54, 1.807) is 18.2 Å². The van der Waals surface area contributed by atoms with E-state index < -0.39 is 0 Å². The maximum atomic E-state index is 11.8. The van der Waals surface area contributed by atoms with E-state index in [9.17, 15) is 9.90 Å². The Hall–Kier alpha value is -2.01. The number of hydrazine groups is 1. The number of aryl methyl sites for hydroxylation is 1. The number of benzene rings is 1. The predicted octanol–water partition coefficient (Wildman–Crippen LogP) is 1.28. The molecule has 5 heteroatoms. The number of hydrogen-bond acceptors (Lipinski definition) is 3. The first-order valence-electron chi connectivity index (χ1n) is 5.42. The second-order valence-electron chi connectivity index (χ2n) is 3.88. The summed E-state index contributed by atoms with van der Waals surface area (Å²) in [6, 6.07) is 4.99. The number of carbonyl (C=O) groups is 1. The van der Waals surface area contributed by atoms with E-state index in [1.807, 2.05) is 18.4 Å². The van der Waals surface area contributed by atoms with Crippen LogP contribution in [0.4, 0.5) is 0 Å². The summed E-state index contributed by atoms with van der Waals surface area (Å²) < 4.78 is 2.01. The second kappa shape index (κ2) is 4.10. The van der Waals surface area contributed by atoms with Crippen LogP contribution >= 0.6 is 0 Å². The molecule has 4 N–H and O–H groups in total. The molecule has 0 saturated carbocycles. The van der Waals surface area contributed by atoms with Crippen LogP contribution in [0.2, 0.25) is 0 Å². The summed E-state index contributed by atoms with van der Waals surface area (Å²) in [7, 11) is 0. The van der Waals surface area contributed by atoms with Crippen LogP contribution in [0.3, 0.4) is 0 Å². The highest BCUT2D eigenvalue weighted by molar-refractivity contribution is 6.08. The van der Waals surface area contributed by atoms with Crippen molar-refractivity contribution in [2.45, 2.75) is 20.4 Å². The molecular formula is C12H15N3O2. The molecule has 0 atom stereocenters. The molecule has 0 unspecified atom stereocenters. The number of carbonyl (C=O) groups excluding carboxylic acids is 1. The van der Waals surface area contributed by atoms with Gasteiger partial charge in [-0.05, 0) is 32.0 Å². The number of phenolic OH excluding ortho intramolecular Hbond substituents is 1. The Balaban J connectivity index is 2.85. The number of fused-ring (bicyclic) bond motifs is 1. The molecule has 0 aliphatic rings. The molecule has 0 aliphatic carbocycles. The average molecular weight is 233 g/mol.